The first-order valence-electron chi connectivity index (χ1n) is 28.9. The first-order chi connectivity index (χ1) is 40.7. The number of anilines is 5. The lowest BCUT2D eigenvalue weighted by Gasteiger charge is -2.44. The lowest BCUT2D eigenvalue weighted by molar-refractivity contribution is 0.122. The molecule has 4 atom stereocenters. The molecule has 0 unspecified atom stereocenters. The fourth-order valence-electron chi connectivity index (χ4n) is 11.8. The number of hydrogen-bond acceptors (Lipinski definition) is 18. The maximum absolute atomic E-state index is 13.2. The molecule has 6 aromatic rings. The van der Waals surface area contributed by atoms with E-state index in [1.54, 1.807) is 12.4 Å². The zero-order chi connectivity index (χ0) is 60.1. The highest BCUT2D eigenvalue weighted by Crippen LogP contribution is 2.54. The summed E-state index contributed by atoms with van der Waals surface area (Å²) in [4.78, 5) is 34.7. The van der Waals surface area contributed by atoms with Crippen LogP contribution in [0.5, 0.6) is 0 Å². The Kier molecular flexibility index (Phi) is 20.6. The number of nitrogens with zero attached hydrogens (tertiary/aromatic N) is 9. The number of nitrogens with one attached hydrogen (secondary N) is 3. The average Bonchev–Trinajstić information content (AvgIpc) is 2.90. The number of halogens is 3. The molecule has 456 valence electrons. The largest absolute Gasteiger partial charge is 0.381 e. The van der Waals surface area contributed by atoms with Crippen LogP contribution in [0.3, 0.4) is 0 Å². The van der Waals surface area contributed by atoms with Gasteiger partial charge < -0.3 is 41.0 Å². The highest BCUT2D eigenvalue weighted by Gasteiger charge is 2.50. The van der Waals surface area contributed by atoms with Crippen molar-refractivity contribution in [2.24, 2.45) is 10.8 Å². The molecule has 8 heterocycles. The van der Waals surface area contributed by atoms with Crippen LogP contribution >= 0.6 is 58.3 Å². The van der Waals surface area contributed by atoms with E-state index in [1.807, 2.05) is 59.9 Å². The summed E-state index contributed by atoms with van der Waals surface area (Å²) in [7, 11) is -2.19. The maximum atomic E-state index is 13.2. The molecule has 7 N–H and O–H groups in total. The van der Waals surface area contributed by atoms with Crippen LogP contribution in [0.15, 0.2) is 105 Å². The lowest BCUT2D eigenvalue weighted by Crippen LogP contribution is -2.48. The third-order valence-corrected chi connectivity index (χ3v) is 22.9. The van der Waals surface area contributed by atoms with Gasteiger partial charge in [-0.1, -0.05) is 107 Å². The van der Waals surface area contributed by atoms with Gasteiger partial charge >= 0.3 is 0 Å². The molecule has 0 radical (unpaired) electrons. The number of ether oxygens (including phenoxy) is 2. The van der Waals surface area contributed by atoms with E-state index < -0.39 is 22.0 Å². The molecule has 2 aliphatic carbocycles. The first kappa shape index (κ1) is 63.6. The first-order valence-corrected chi connectivity index (χ1v) is 34.0. The van der Waals surface area contributed by atoms with Crippen molar-refractivity contribution < 1.29 is 17.9 Å². The SMILES string of the molecule is CC(C)(C)[S@@](=O)N[C@@H]1c2ccccc2CC12CCN(c1cnc(Sc3ccnc(N4CCOCC4)c3Cl)c(N)n1)CC2.CC(C)(C)[S@@](=O)N[C@@H]1c2ccccc2CC12CCNCC2.Nc1nc(Cl)cnc1Sc1ccnc(N2CCOCC2)c1Cl. The Morgan fingerprint density at radius 3 is 1.47 bits per heavy atom. The number of fused-ring (bicyclic) bond motifs is 2. The van der Waals surface area contributed by atoms with Gasteiger partial charge in [0.1, 0.15) is 32.7 Å². The quantitative estimate of drug-likeness (QED) is 0.0812. The predicted octanol–water partition coefficient (Wildman–Crippen LogP) is 10.5. The Balaban J connectivity index is 0.000000157. The molecular weight excluding hydrogens is 1220 g/mol. The summed E-state index contributed by atoms with van der Waals surface area (Å²) in [5.41, 5.74) is 17.9. The van der Waals surface area contributed by atoms with E-state index in [-0.39, 0.29) is 43.4 Å². The summed E-state index contributed by atoms with van der Waals surface area (Å²) in [6, 6.07) is 21.2. The standard InChI is InChI=1S/C30H38ClN7O2S2.C17H26N2OS.C13H13Cl2N5OS/c1-29(2,3)42(39)36-25-21-7-5-4-6-20(21)18-30(25)9-12-37(13-10-30)23-19-34-28(26(32)35-23)41-22-8-11-33-27(24(22)31)38-14-16-40-17-15-38;1-16(2,3)21(20)19-15-14-7-5-4-6-13(14)12-17(15)8-10-18-11-9-17;14-9-7-18-13(11(16)19-9)22-8-1-2-17-12(10(8)15)20-3-5-21-6-4-20/h4-8,11,19,25,36H,9-10,12-18H2,1-3H3,(H2,32,35);4-7,15,18-19H,8-12H2,1-3H3;1-2,7H,3-6H2,(H2,16,19)/t25-,42-;15-,21-;/m11./s1. The number of nitrogens with two attached hydrogens (primary N) is 2. The summed E-state index contributed by atoms with van der Waals surface area (Å²) in [6.45, 7) is 21.6. The predicted molar refractivity (Wildman–Crippen MR) is 347 cm³/mol. The van der Waals surface area contributed by atoms with Crippen molar-refractivity contribution in [3.8, 4) is 0 Å². The minimum absolute atomic E-state index is 0.00610. The summed E-state index contributed by atoms with van der Waals surface area (Å²) in [5.74, 6) is 2.93. The van der Waals surface area contributed by atoms with Gasteiger partial charge in [0.15, 0.2) is 11.6 Å². The molecule has 4 aromatic heterocycles. The van der Waals surface area contributed by atoms with Gasteiger partial charge in [0.05, 0.1) is 92.4 Å². The molecule has 2 spiro atoms. The molecular formula is C60H77Cl3N14O4S4. The Labute approximate surface area is 528 Å². The van der Waals surface area contributed by atoms with Crippen molar-refractivity contribution in [2.75, 3.05) is 105 Å². The number of morpholine rings is 2. The fourth-order valence-corrected chi connectivity index (χ4v) is 16.1. The number of aromatic nitrogens is 6. The Bertz CT molecular complexity index is 3350. The van der Waals surface area contributed by atoms with E-state index in [9.17, 15) is 8.42 Å². The van der Waals surface area contributed by atoms with Crippen molar-refractivity contribution in [2.45, 2.75) is 121 Å². The van der Waals surface area contributed by atoms with E-state index >= 15 is 0 Å². The minimum atomic E-state index is -1.16. The number of rotatable bonds is 11. The topological polar surface area (TPSA) is 228 Å². The number of pyridine rings is 2. The molecule has 85 heavy (non-hydrogen) atoms. The van der Waals surface area contributed by atoms with Crippen LogP contribution in [0.1, 0.15) is 102 Å². The van der Waals surface area contributed by atoms with Gasteiger partial charge in [-0.05, 0) is 138 Å². The third-order valence-electron chi connectivity index (χ3n) is 16.5. The van der Waals surface area contributed by atoms with E-state index in [1.165, 1.54) is 52.0 Å². The fraction of sp³-hybridized carbons (Fsp3) is 0.500. The highest BCUT2D eigenvalue weighted by atomic mass is 35.5. The van der Waals surface area contributed by atoms with Gasteiger partial charge in [0, 0.05) is 61.5 Å². The smallest absolute Gasteiger partial charge is 0.158 e. The third kappa shape index (κ3) is 14.8. The molecule has 4 aliphatic heterocycles. The second kappa shape index (κ2) is 27.5. The molecule has 4 fully saturated rings. The van der Waals surface area contributed by atoms with Gasteiger partial charge in [-0.15, -0.1) is 0 Å². The number of nitrogen functional groups attached to an aromatic ring is 2. The molecule has 0 bridgehead atoms. The second-order valence-electron chi connectivity index (χ2n) is 24.2. The van der Waals surface area contributed by atoms with E-state index in [4.69, 9.17) is 65.7 Å². The van der Waals surface area contributed by atoms with Crippen LogP contribution < -0.4 is 40.9 Å². The van der Waals surface area contributed by atoms with Crippen LogP contribution in [0, 0.1) is 10.8 Å². The molecule has 0 saturated carbocycles. The second-order valence-corrected chi connectivity index (χ2v) is 31.4. The van der Waals surface area contributed by atoms with Crippen LogP contribution in [0.2, 0.25) is 15.2 Å². The molecule has 2 aromatic carbocycles. The van der Waals surface area contributed by atoms with Gasteiger partial charge in [0.2, 0.25) is 0 Å². The van der Waals surface area contributed by atoms with Gasteiger partial charge in [0.25, 0.3) is 0 Å². The Morgan fingerprint density at radius 1 is 0.588 bits per heavy atom. The monoisotopic (exact) mass is 1290 g/mol. The zero-order valence-corrected chi connectivity index (χ0v) is 54.6. The molecule has 25 heteroatoms. The lowest BCUT2D eigenvalue weighted by atomic mass is 9.73. The number of piperidine rings is 2. The van der Waals surface area contributed by atoms with E-state index in [0.717, 1.165) is 118 Å². The molecule has 18 nitrogen and oxygen atoms in total. The Morgan fingerprint density at radius 2 is 1.02 bits per heavy atom. The minimum Gasteiger partial charge on any atom is -0.381 e. The normalized spacial score (nSPS) is 20.6. The summed E-state index contributed by atoms with van der Waals surface area (Å²) < 4.78 is 43.1. The van der Waals surface area contributed by atoms with Gasteiger partial charge in [-0.25, -0.2) is 47.8 Å². The van der Waals surface area contributed by atoms with E-state index in [0.29, 0.717) is 52.3 Å². The van der Waals surface area contributed by atoms with Crippen LogP contribution in [-0.2, 0) is 44.3 Å². The van der Waals surface area contributed by atoms with Crippen LogP contribution in [-0.4, -0.2) is 127 Å². The number of benzene rings is 2. The molecule has 6 aliphatic rings. The van der Waals surface area contributed by atoms with Gasteiger partial charge in [-0.3, -0.25) is 0 Å². The van der Waals surface area contributed by atoms with Crippen LogP contribution in [0.4, 0.5) is 29.1 Å². The highest BCUT2D eigenvalue weighted by molar-refractivity contribution is 7.99. The summed E-state index contributed by atoms with van der Waals surface area (Å²) in [5, 5.41) is 6.07. The average molecular weight is 1290 g/mol. The van der Waals surface area contributed by atoms with E-state index in [2.05, 4.69) is 97.9 Å². The van der Waals surface area contributed by atoms with Gasteiger partial charge in [-0.2, -0.15) is 0 Å². The molecule has 0 amide bonds. The van der Waals surface area contributed by atoms with Crippen molar-refractivity contribution in [3.63, 3.8) is 0 Å². The Hall–Kier alpha value is -4.43. The zero-order valence-electron chi connectivity index (χ0n) is 49.0. The summed E-state index contributed by atoms with van der Waals surface area (Å²) in [6.07, 6.45) is 13.1. The molecule has 4 saturated heterocycles. The summed E-state index contributed by atoms with van der Waals surface area (Å²) >= 11 is 21.8. The van der Waals surface area contributed by atoms with Crippen molar-refractivity contribution in [3.05, 3.63) is 123 Å². The van der Waals surface area contributed by atoms with Crippen LogP contribution in [0.25, 0.3) is 0 Å². The molecule has 12 rings (SSSR count). The maximum Gasteiger partial charge on any atom is 0.158 e. The number of hydrogen-bond donors (Lipinski definition) is 5. The van der Waals surface area contributed by atoms with Crippen molar-refractivity contribution >= 4 is 109 Å². The van der Waals surface area contributed by atoms with Crippen molar-refractivity contribution in [1.29, 1.82) is 0 Å². The van der Waals surface area contributed by atoms with Crippen molar-refractivity contribution in [1.82, 2.24) is 44.7 Å².